The van der Waals surface area contributed by atoms with Crippen LogP contribution in [0, 0.1) is 5.41 Å². The summed E-state index contributed by atoms with van der Waals surface area (Å²) in [6.45, 7) is 2.15. The Morgan fingerprint density at radius 1 is 1.13 bits per heavy atom. The monoisotopic (exact) mass is 403 g/mol. The average molecular weight is 404 g/mol. The third-order valence-corrected chi connectivity index (χ3v) is 6.39. The van der Waals surface area contributed by atoms with E-state index in [2.05, 4.69) is 30.4 Å². The molecule has 2 amide bonds. The number of benzene rings is 2. The number of likely N-dealkylation sites (tertiary alicyclic amines) is 1. The molecule has 2 aromatic rings. The van der Waals surface area contributed by atoms with Crippen LogP contribution in [0.15, 0.2) is 48.5 Å². The second-order valence-corrected chi connectivity index (χ2v) is 8.90. The summed E-state index contributed by atoms with van der Waals surface area (Å²) in [5.74, 6) is 0.377. The second-order valence-electron chi connectivity index (χ2n) is 8.90. The Morgan fingerprint density at radius 3 is 2.57 bits per heavy atom. The van der Waals surface area contributed by atoms with Crippen LogP contribution in [0.1, 0.15) is 61.4 Å². The number of carbonyl (C=O) groups is 2. The molecule has 5 heteroatoms. The summed E-state index contributed by atoms with van der Waals surface area (Å²) < 4.78 is 0. The minimum atomic E-state index is -0.275. The molecule has 0 bridgehead atoms. The van der Waals surface area contributed by atoms with Crippen molar-refractivity contribution in [3.05, 3.63) is 59.7 Å². The number of hydrogen-bond donors (Lipinski definition) is 2. The van der Waals surface area contributed by atoms with Crippen LogP contribution in [0.5, 0.6) is 0 Å². The van der Waals surface area contributed by atoms with Gasteiger partial charge in [0.05, 0.1) is 0 Å². The molecule has 2 fully saturated rings. The molecule has 1 saturated carbocycles. The fourth-order valence-electron chi connectivity index (χ4n) is 4.16. The van der Waals surface area contributed by atoms with Crippen molar-refractivity contribution in [2.75, 3.05) is 7.05 Å². The minimum Gasteiger partial charge on any atom is -0.349 e. The average Bonchev–Trinajstić information content (AvgIpc) is 3.56. The highest BCUT2D eigenvalue weighted by Crippen LogP contribution is 2.37. The van der Waals surface area contributed by atoms with Crippen LogP contribution in [0.2, 0.25) is 0 Å². The van der Waals surface area contributed by atoms with Crippen molar-refractivity contribution < 1.29 is 9.59 Å². The fourth-order valence-corrected chi connectivity index (χ4v) is 4.16. The summed E-state index contributed by atoms with van der Waals surface area (Å²) in [7, 11) is 1.70. The first-order chi connectivity index (χ1) is 14.4. The molecule has 30 heavy (non-hydrogen) atoms. The van der Waals surface area contributed by atoms with Crippen LogP contribution < -0.4 is 5.32 Å². The lowest BCUT2D eigenvalue weighted by Gasteiger charge is -2.34. The predicted molar refractivity (Wildman–Crippen MR) is 119 cm³/mol. The van der Waals surface area contributed by atoms with E-state index in [1.807, 2.05) is 30.3 Å². The van der Waals surface area contributed by atoms with Crippen molar-refractivity contribution in [1.82, 2.24) is 10.2 Å². The number of rotatable bonds is 4. The van der Waals surface area contributed by atoms with Crippen LogP contribution in [-0.4, -0.2) is 35.6 Å². The van der Waals surface area contributed by atoms with Gasteiger partial charge in [0, 0.05) is 36.9 Å². The second kappa shape index (κ2) is 8.05. The molecule has 1 saturated heterocycles. The smallest absolute Gasteiger partial charge is 0.251 e. The Kier molecular flexibility index (Phi) is 5.46. The van der Waals surface area contributed by atoms with Crippen molar-refractivity contribution in [2.45, 2.75) is 56.9 Å². The van der Waals surface area contributed by atoms with Gasteiger partial charge in [0.25, 0.3) is 5.91 Å². The lowest BCUT2D eigenvalue weighted by atomic mass is 9.74. The van der Waals surface area contributed by atoms with Crippen molar-refractivity contribution in [3.63, 3.8) is 0 Å². The van der Waals surface area contributed by atoms with Crippen LogP contribution in [0.25, 0.3) is 11.1 Å². The highest BCUT2D eigenvalue weighted by Gasteiger charge is 2.33. The quantitative estimate of drug-likeness (QED) is 0.788. The van der Waals surface area contributed by atoms with E-state index >= 15 is 0 Å². The van der Waals surface area contributed by atoms with Gasteiger partial charge in [0.2, 0.25) is 5.91 Å². The number of hydrogen-bond acceptors (Lipinski definition) is 3. The molecular weight excluding hydrogens is 374 g/mol. The minimum absolute atomic E-state index is 0.00801. The van der Waals surface area contributed by atoms with E-state index < -0.39 is 0 Å². The molecule has 1 atom stereocenters. The van der Waals surface area contributed by atoms with E-state index in [0.717, 1.165) is 42.4 Å². The zero-order chi connectivity index (χ0) is 21.3. The van der Waals surface area contributed by atoms with E-state index in [4.69, 9.17) is 5.41 Å². The predicted octanol–water partition coefficient (Wildman–Crippen LogP) is 4.51. The first-order valence-electron chi connectivity index (χ1n) is 10.7. The van der Waals surface area contributed by atoms with E-state index in [0.29, 0.717) is 30.3 Å². The lowest BCUT2D eigenvalue weighted by molar-refractivity contribution is -0.128. The molecule has 5 nitrogen and oxygen atoms in total. The van der Waals surface area contributed by atoms with Gasteiger partial charge >= 0.3 is 0 Å². The maximum atomic E-state index is 12.7. The topological polar surface area (TPSA) is 73.3 Å². The third-order valence-electron chi connectivity index (χ3n) is 6.39. The van der Waals surface area contributed by atoms with E-state index in [1.165, 1.54) is 4.90 Å². The van der Waals surface area contributed by atoms with Gasteiger partial charge in [-0.2, -0.15) is 0 Å². The molecular formula is C25H29N3O2. The Labute approximate surface area is 178 Å². The summed E-state index contributed by atoms with van der Waals surface area (Å²) >= 11 is 0. The molecule has 1 aliphatic heterocycles. The molecule has 0 aromatic heterocycles. The zero-order valence-corrected chi connectivity index (χ0v) is 17.7. The third kappa shape index (κ3) is 4.30. The van der Waals surface area contributed by atoms with E-state index in [9.17, 15) is 9.59 Å². The first kappa shape index (κ1) is 20.3. The zero-order valence-electron chi connectivity index (χ0n) is 17.7. The van der Waals surface area contributed by atoms with Gasteiger partial charge < -0.3 is 10.2 Å². The Balaban J connectivity index is 1.61. The van der Waals surface area contributed by atoms with Crippen molar-refractivity contribution in [2.24, 2.45) is 0 Å². The summed E-state index contributed by atoms with van der Waals surface area (Å²) in [6.07, 6.45) is 4.89. The highest BCUT2D eigenvalue weighted by molar-refractivity contribution is 5.97. The maximum absolute atomic E-state index is 12.7. The molecule has 2 N–H and O–H groups in total. The molecule has 4 rings (SSSR count). The van der Waals surface area contributed by atoms with Gasteiger partial charge in [0.15, 0.2) is 0 Å². The van der Waals surface area contributed by atoms with Gasteiger partial charge in [-0.05, 0) is 54.5 Å². The lowest BCUT2D eigenvalue weighted by Crippen LogP contribution is -2.40. The molecule has 0 radical (unpaired) electrons. The normalized spacial score (nSPS) is 22.4. The van der Waals surface area contributed by atoms with Gasteiger partial charge in [-0.15, -0.1) is 0 Å². The van der Waals surface area contributed by atoms with Crippen LogP contribution in [-0.2, 0) is 10.2 Å². The summed E-state index contributed by atoms with van der Waals surface area (Å²) in [6, 6.07) is 16.4. The summed E-state index contributed by atoms with van der Waals surface area (Å²) in [4.78, 5) is 26.6. The van der Waals surface area contributed by atoms with Gasteiger partial charge in [-0.1, -0.05) is 43.3 Å². The standard InChI is InChI=1S/C25H29N3O2/c1-25(13-5-10-22(26)28(2)23(29)16-25)20-9-4-7-18(15-20)17-6-3-8-19(14-17)24(30)27-21-11-12-21/h3-4,6-9,14-15,21,26H,5,10-13,16H2,1-2H3,(H,27,30)/t25-/m0/s1. The van der Waals surface area contributed by atoms with E-state index in [-0.39, 0.29) is 17.2 Å². The largest absolute Gasteiger partial charge is 0.349 e. The molecule has 2 aliphatic rings. The molecule has 0 unspecified atom stereocenters. The van der Waals surface area contributed by atoms with Crippen LogP contribution in [0.3, 0.4) is 0 Å². The summed E-state index contributed by atoms with van der Waals surface area (Å²) in [5, 5.41) is 11.1. The summed E-state index contributed by atoms with van der Waals surface area (Å²) in [5.41, 5.74) is 3.58. The number of nitrogens with zero attached hydrogens (tertiary/aromatic N) is 1. The highest BCUT2D eigenvalue weighted by atomic mass is 16.2. The van der Waals surface area contributed by atoms with Gasteiger partial charge in [-0.25, -0.2) is 0 Å². The molecule has 1 aliphatic carbocycles. The Bertz CT molecular complexity index is 995. The maximum Gasteiger partial charge on any atom is 0.251 e. The van der Waals surface area contributed by atoms with E-state index in [1.54, 1.807) is 7.05 Å². The number of nitrogens with one attached hydrogen (secondary N) is 2. The SMILES string of the molecule is CN1C(=N)CCC[C@](C)(c2cccc(-c3cccc(C(=O)NC4CC4)c3)c2)CC1=O. The molecule has 0 spiro atoms. The number of amides is 2. The number of amidine groups is 1. The molecule has 2 aromatic carbocycles. The Hall–Kier alpha value is -2.95. The van der Waals surface area contributed by atoms with Gasteiger partial charge in [-0.3, -0.25) is 15.0 Å². The van der Waals surface area contributed by atoms with Crippen molar-refractivity contribution >= 4 is 17.6 Å². The van der Waals surface area contributed by atoms with Gasteiger partial charge in [0.1, 0.15) is 5.84 Å². The van der Waals surface area contributed by atoms with Crippen LogP contribution >= 0.6 is 0 Å². The van der Waals surface area contributed by atoms with Crippen molar-refractivity contribution in [1.29, 1.82) is 5.41 Å². The molecule has 1 heterocycles. The number of carbonyl (C=O) groups excluding carboxylic acids is 2. The van der Waals surface area contributed by atoms with Crippen LogP contribution in [0.4, 0.5) is 0 Å². The molecule has 156 valence electrons. The Morgan fingerprint density at radius 2 is 1.83 bits per heavy atom. The van der Waals surface area contributed by atoms with Crippen molar-refractivity contribution in [3.8, 4) is 11.1 Å². The first-order valence-corrected chi connectivity index (χ1v) is 10.7. The fraction of sp³-hybridized carbons (Fsp3) is 0.400.